The number of nitrogens with one attached hydrogen (secondary N) is 1. The van der Waals surface area contributed by atoms with Crippen LogP contribution < -0.4 is 10.5 Å². The zero-order valence-corrected chi connectivity index (χ0v) is 14.1. The van der Waals surface area contributed by atoms with Crippen LogP contribution in [0.25, 0.3) is 11.0 Å². The van der Waals surface area contributed by atoms with Crippen molar-refractivity contribution in [1.82, 2.24) is 19.7 Å². The van der Waals surface area contributed by atoms with Crippen LogP contribution >= 0.6 is 0 Å². The Morgan fingerprint density at radius 1 is 1.12 bits per heavy atom. The molecule has 1 aliphatic heterocycles. The molecule has 0 spiro atoms. The third kappa shape index (κ3) is 2.71. The summed E-state index contributed by atoms with van der Waals surface area (Å²) in [5.74, 6) is 1.46. The summed E-state index contributed by atoms with van der Waals surface area (Å²) in [6, 6.07) is 11.9. The Balaban J connectivity index is 1.43. The van der Waals surface area contributed by atoms with Gasteiger partial charge in [0.2, 0.25) is 5.95 Å². The van der Waals surface area contributed by atoms with E-state index in [0.717, 1.165) is 42.1 Å². The Labute approximate surface area is 145 Å². The molecule has 6 nitrogen and oxygen atoms in total. The van der Waals surface area contributed by atoms with Crippen LogP contribution in [-0.4, -0.2) is 32.3 Å². The van der Waals surface area contributed by atoms with E-state index in [0.29, 0.717) is 12.5 Å². The highest BCUT2D eigenvalue weighted by Gasteiger charge is 2.29. The predicted molar refractivity (Wildman–Crippen MR) is 96.9 cm³/mol. The van der Waals surface area contributed by atoms with Gasteiger partial charge in [0.15, 0.2) is 0 Å². The lowest BCUT2D eigenvalue weighted by Crippen LogP contribution is -2.37. The molecule has 1 N–H and O–H groups in total. The fraction of sp³-hybridized carbons (Fsp3) is 0.421. The predicted octanol–water partition coefficient (Wildman–Crippen LogP) is 2.67. The second kappa shape index (κ2) is 5.72. The number of aromatic amines is 1. The molecule has 2 aliphatic rings. The topological polar surface area (TPSA) is 66.8 Å². The van der Waals surface area contributed by atoms with Gasteiger partial charge in [0.25, 0.3) is 5.56 Å². The van der Waals surface area contributed by atoms with Gasteiger partial charge >= 0.3 is 0 Å². The third-order valence-corrected chi connectivity index (χ3v) is 5.29. The van der Waals surface area contributed by atoms with E-state index in [4.69, 9.17) is 4.98 Å². The van der Waals surface area contributed by atoms with Crippen LogP contribution in [0.2, 0.25) is 0 Å². The summed E-state index contributed by atoms with van der Waals surface area (Å²) in [6.07, 6.45) is 4.55. The van der Waals surface area contributed by atoms with Gasteiger partial charge in [-0.05, 0) is 43.9 Å². The molecule has 6 heteroatoms. The van der Waals surface area contributed by atoms with Gasteiger partial charge in [-0.1, -0.05) is 12.1 Å². The third-order valence-electron chi connectivity index (χ3n) is 5.29. The summed E-state index contributed by atoms with van der Waals surface area (Å²) < 4.78 is 1.65. The molecule has 1 saturated carbocycles. The van der Waals surface area contributed by atoms with Crippen LogP contribution in [0, 0.1) is 0 Å². The molecule has 1 atom stereocenters. The van der Waals surface area contributed by atoms with Crippen LogP contribution in [0.1, 0.15) is 37.3 Å². The zero-order chi connectivity index (χ0) is 16.8. The molecule has 0 amide bonds. The van der Waals surface area contributed by atoms with Gasteiger partial charge in [-0.15, -0.1) is 0 Å². The molecule has 3 aromatic rings. The zero-order valence-electron chi connectivity index (χ0n) is 14.1. The molecule has 0 radical (unpaired) electrons. The van der Waals surface area contributed by atoms with Gasteiger partial charge in [-0.2, -0.15) is 5.10 Å². The van der Waals surface area contributed by atoms with Gasteiger partial charge in [0, 0.05) is 18.5 Å². The van der Waals surface area contributed by atoms with Crippen molar-refractivity contribution in [3.63, 3.8) is 0 Å². The quantitative estimate of drug-likeness (QED) is 0.796. The normalized spacial score (nSPS) is 20.5. The number of hydrogen-bond donors (Lipinski definition) is 1. The number of nitrogens with zero attached hydrogens (tertiary/aromatic N) is 4. The number of rotatable bonds is 4. The van der Waals surface area contributed by atoms with E-state index in [9.17, 15) is 4.79 Å². The van der Waals surface area contributed by atoms with E-state index in [1.54, 1.807) is 10.7 Å². The fourth-order valence-corrected chi connectivity index (χ4v) is 3.77. The van der Waals surface area contributed by atoms with Crippen molar-refractivity contribution in [2.75, 3.05) is 11.4 Å². The molecular formula is C19H21N5O. The minimum atomic E-state index is -0.0131. The maximum Gasteiger partial charge on any atom is 0.266 e. The minimum absolute atomic E-state index is 0.0131. The van der Waals surface area contributed by atoms with E-state index < -0.39 is 0 Å². The Morgan fingerprint density at radius 2 is 2.00 bits per heavy atom. The number of H-pyrrole nitrogens is 1. The summed E-state index contributed by atoms with van der Waals surface area (Å²) in [5, 5.41) is 4.62. The highest BCUT2D eigenvalue weighted by atomic mass is 16.1. The summed E-state index contributed by atoms with van der Waals surface area (Å²) in [5.41, 5.74) is 3.08. The lowest BCUT2D eigenvalue weighted by Gasteiger charge is -2.24. The molecule has 1 aromatic carbocycles. The van der Waals surface area contributed by atoms with Crippen molar-refractivity contribution in [2.45, 2.75) is 44.2 Å². The molecular weight excluding hydrogens is 314 g/mol. The highest BCUT2D eigenvalue weighted by molar-refractivity contribution is 5.77. The maximum absolute atomic E-state index is 12.2. The SMILES string of the molecule is O=c1ccc(C2CC2)nn1CC1CCCN1c1nc2ccccc2[nH]1. The minimum Gasteiger partial charge on any atom is -0.338 e. The molecule has 2 aromatic heterocycles. The molecule has 1 saturated heterocycles. The van der Waals surface area contributed by atoms with E-state index >= 15 is 0 Å². The van der Waals surface area contributed by atoms with E-state index in [-0.39, 0.29) is 11.6 Å². The van der Waals surface area contributed by atoms with Gasteiger partial charge in [-0.3, -0.25) is 4.79 Å². The number of benzene rings is 1. The van der Waals surface area contributed by atoms with Crippen LogP contribution in [0.3, 0.4) is 0 Å². The van der Waals surface area contributed by atoms with Crippen LogP contribution in [0.4, 0.5) is 5.95 Å². The Bertz CT molecular complexity index is 938. The van der Waals surface area contributed by atoms with Crippen molar-refractivity contribution in [2.24, 2.45) is 0 Å². The van der Waals surface area contributed by atoms with E-state index in [2.05, 4.69) is 15.0 Å². The van der Waals surface area contributed by atoms with Crippen LogP contribution in [0.5, 0.6) is 0 Å². The van der Waals surface area contributed by atoms with E-state index in [1.807, 2.05) is 30.3 Å². The molecule has 2 fully saturated rings. The summed E-state index contributed by atoms with van der Waals surface area (Å²) in [7, 11) is 0. The first-order chi connectivity index (χ1) is 12.3. The molecule has 0 bridgehead atoms. The number of anilines is 1. The second-order valence-corrected chi connectivity index (χ2v) is 7.12. The van der Waals surface area contributed by atoms with Gasteiger partial charge in [-0.25, -0.2) is 9.67 Å². The summed E-state index contributed by atoms with van der Waals surface area (Å²) >= 11 is 0. The number of para-hydroxylation sites is 2. The molecule has 1 unspecified atom stereocenters. The Morgan fingerprint density at radius 3 is 2.84 bits per heavy atom. The number of aromatic nitrogens is 4. The first-order valence-electron chi connectivity index (χ1n) is 9.07. The summed E-state index contributed by atoms with van der Waals surface area (Å²) in [4.78, 5) is 22.7. The number of fused-ring (bicyclic) bond motifs is 1. The van der Waals surface area contributed by atoms with Crippen molar-refractivity contribution in [3.05, 3.63) is 52.4 Å². The Hall–Kier alpha value is -2.63. The molecule has 5 rings (SSSR count). The number of imidazole rings is 1. The van der Waals surface area contributed by atoms with Crippen molar-refractivity contribution in [1.29, 1.82) is 0 Å². The molecule has 128 valence electrons. The molecule has 25 heavy (non-hydrogen) atoms. The van der Waals surface area contributed by atoms with E-state index in [1.165, 1.54) is 12.8 Å². The fourth-order valence-electron chi connectivity index (χ4n) is 3.77. The first-order valence-corrected chi connectivity index (χ1v) is 9.07. The molecule has 3 heterocycles. The van der Waals surface area contributed by atoms with Crippen LogP contribution in [-0.2, 0) is 6.54 Å². The van der Waals surface area contributed by atoms with Crippen molar-refractivity contribution >= 4 is 17.0 Å². The van der Waals surface area contributed by atoms with Crippen molar-refractivity contribution in [3.8, 4) is 0 Å². The molecule has 1 aliphatic carbocycles. The first kappa shape index (κ1) is 14.7. The summed E-state index contributed by atoms with van der Waals surface area (Å²) in [6.45, 7) is 1.58. The largest absolute Gasteiger partial charge is 0.338 e. The smallest absolute Gasteiger partial charge is 0.266 e. The average molecular weight is 335 g/mol. The maximum atomic E-state index is 12.2. The number of hydrogen-bond acceptors (Lipinski definition) is 4. The standard InChI is InChI=1S/C19H21N5O/c25-18-10-9-15(13-7-8-13)22-24(18)12-14-4-3-11-23(14)19-20-16-5-1-2-6-17(16)21-19/h1-2,5-6,9-10,13-14H,3-4,7-8,11-12H2,(H,20,21). The van der Waals surface area contributed by atoms with Gasteiger partial charge in [0.05, 0.1) is 29.3 Å². The monoisotopic (exact) mass is 335 g/mol. The second-order valence-electron chi connectivity index (χ2n) is 7.12. The Kier molecular flexibility index (Phi) is 3.36. The van der Waals surface area contributed by atoms with Gasteiger partial charge in [0.1, 0.15) is 0 Å². The highest BCUT2D eigenvalue weighted by Crippen LogP contribution is 2.38. The van der Waals surface area contributed by atoms with Crippen molar-refractivity contribution < 1.29 is 0 Å². The average Bonchev–Trinajstić information content (AvgIpc) is 3.22. The lowest BCUT2D eigenvalue weighted by atomic mass is 10.2. The van der Waals surface area contributed by atoms with Crippen LogP contribution in [0.15, 0.2) is 41.2 Å². The lowest BCUT2D eigenvalue weighted by molar-refractivity contribution is 0.480. The van der Waals surface area contributed by atoms with Gasteiger partial charge < -0.3 is 9.88 Å².